The molecule has 0 unspecified atom stereocenters. The highest BCUT2D eigenvalue weighted by Gasteiger charge is 2.27. The van der Waals surface area contributed by atoms with Crippen LogP contribution in [0.4, 0.5) is 28.6 Å². The summed E-state index contributed by atoms with van der Waals surface area (Å²) in [5.41, 5.74) is 6.51. The molecule has 0 saturated heterocycles. The van der Waals surface area contributed by atoms with Gasteiger partial charge in [0, 0.05) is 223 Å². The molecular formula is C86H105N20O15+. The third-order valence-corrected chi connectivity index (χ3v) is 20.5. The number of imidazole rings is 2. The van der Waals surface area contributed by atoms with Gasteiger partial charge in [0.15, 0.2) is 34.8 Å². The average Bonchev–Trinajstić information content (AvgIpc) is 1.68. The molecule has 0 atom stereocenters. The monoisotopic (exact) mass is 1660 g/mol. The number of aryl methyl sites for hydroxylation is 10. The SMILES string of the molecule is CC(=O)Nc1cn(C)c(C(=O)Nc2cc(C(=O)NCCC(=O)Nc3cc(C(=O)Nc4cc(C(=O)Nc5cc(C(=O)NCCCC(=O)Cc6cc(C(=O)Cc7cc(C(=O)Cc8cc(C(=O)CCCC(=O)Cc9cn(C)c(C(=O)Cc%10cc(C(=O)CCCC(=O)CCCC[NH+](C)C)n(C)c%10)n9)n(C)c8)n(C)c7)n(C)c6)n(C)c5)n(C)c4)n(C)c3)n(C)c2)n1. The van der Waals surface area contributed by atoms with Crippen molar-refractivity contribution in [2.24, 2.45) is 70.5 Å². The number of ketones is 8. The Kier molecular flexibility index (Phi) is 29.7. The molecule has 0 aromatic carbocycles. The first kappa shape index (κ1) is 89.6. The molecule has 10 rings (SSSR count). The molecule has 0 spiro atoms. The van der Waals surface area contributed by atoms with Crippen molar-refractivity contribution in [1.29, 1.82) is 0 Å². The number of unbranched alkanes of at least 4 members (excludes halogenated alkanes) is 1. The summed E-state index contributed by atoms with van der Waals surface area (Å²) in [4.78, 5) is 207. The second kappa shape index (κ2) is 40.1. The lowest BCUT2D eigenvalue weighted by atomic mass is 10.0. The molecule has 0 aliphatic rings. The lowest BCUT2D eigenvalue weighted by molar-refractivity contribution is -0.858. The van der Waals surface area contributed by atoms with E-state index in [2.05, 4.69) is 61.3 Å². The zero-order valence-electron chi connectivity index (χ0n) is 70.5. The molecule has 0 fully saturated rings. The number of rotatable bonds is 45. The maximum absolute atomic E-state index is 13.8. The molecule has 121 heavy (non-hydrogen) atoms. The standard InChI is InChI=1S/C86H104N20O15/c1-52(107)89-78-51-106(13)81(95-78)86(121)94-61-40-70(102(9)49-61)83(118)88-27-25-79(116)90-58-38-71(103(10)46-58)84(119)93-60-41-72(104(11)48-60)85(120)92-59-39-69(101(8)47-59)82(117)87-26-18-22-63(109)29-53-30-67(99(6)42-53)75(113)35-55-33-68(100(7)44-55)76(114)34-54-31-65(97(4)43-54)74(112)24-17-21-64(110)37-57-50-105(12)80(91-57)77(115)36-56-32-66(98(5)45-56)73(111)23-16-20-62(108)19-14-15-28-96(2)3/h30-33,38-51H,14-29,34-37H2,1-13H3,(H,87,117)(H,88,118)(H,89,107)(H,90,116)(H,92,120)(H,93,119)(H,94,121)/p+1. The summed E-state index contributed by atoms with van der Waals surface area (Å²) in [5, 5.41) is 19.0. The minimum Gasteiger partial charge on any atom is -0.351 e. The number of amides is 7. The van der Waals surface area contributed by atoms with Crippen LogP contribution in [0.2, 0.25) is 0 Å². The maximum Gasteiger partial charge on any atom is 0.291 e. The highest BCUT2D eigenvalue weighted by Crippen LogP contribution is 2.25. The van der Waals surface area contributed by atoms with Crippen molar-refractivity contribution in [1.82, 2.24) is 66.3 Å². The van der Waals surface area contributed by atoms with Crippen LogP contribution in [0, 0.1) is 0 Å². The van der Waals surface area contributed by atoms with Crippen molar-refractivity contribution in [3.63, 3.8) is 0 Å². The van der Waals surface area contributed by atoms with Gasteiger partial charge >= 0.3 is 0 Å². The van der Waals surface area contributed by atoms with Gasteiger partial charge in [0.25, 0.3) is 29.5 Å². The Morgan fingerprint density at radius 3 is 1.16 bits per heavy atom. The summed E-state index contributed by atoms with van der Waals surface area (Å²) in [7, 11) is 20.8. The fourth-order valence-corrected chi connectivity index (χ4v) is 14.5. The number of anilines is 5. The maximum atomic E-state index is 13.8. The van der Waals surface area contributed by atoms with E-state index in [0.29, 0.717) is 99.2 Å². The first-order valence-corrected chi connectivity index (χ1v) is 39.8. The Morgan fingerprint density at radius 1 is 0.306 bits per heavy atom. The van der Waals surface area contributed by atoms with Crippen LogP contribution in [-0.4, -0.2) is 177 Å². The van der Waals surface area contributed by atoms with Crippen LogP contribution in [0.1, 0.15) is 217 Å². The zero-order chi connectivity index (χ0) is 87.8. The van der Waals surface area contributed by atoms with Crippen molar-refractivity contribution in [2.75, 3.05) is 60.3 Å². The van der Waals surface area contributed by atoms with E-state index in [-0.39, 0.29) is 176 Å². The van der Waals surface area contributed by atoms with Gasteiger partial charge in [0.1, 0.15) is 40.1 Å². The van der Waals surface area contributed by atoms with E-state index >= 15 is 0 Å². The molecule has 0 radical (unpaired) electrons. The van der Waals surface area contributed by atoms with Gasteiger partial charge < -0.3 is 87.8 Å². The number of quaternary nitrogens is 1. The summed E-state index contributed by atoms with van der Waals surface area (Å²) in [6.07, 6.45) is 20.4. The number of carbonyl (C=O) groups is 15. The molecule has 35 heteroatoms. The van der Waals surface area contributed by atoms with E-state index in [1.54, 1.807) is 172 Å². The summed E-state index contributed by atoms with van der Waals surface area (Å²) in [6.45, 7) is 2.45. The minimum atomic E-state index is -0.572. The van der Waals surface area contributed by atoms with Gasteiger partial charge in [0.05, 0.1) is 78.3 Å². The van der Waals surface area contributed by atoms with Gasteiger partial charge in [-0.1, -0.05) is 0 Å². The molecule has 7 amide bonds. The molecule has 10 aromatic heterocycles. The van der Waals surface area contributed by atoms with Crippen LogP contribution < -0.4 is 42.1 Å². The Labute approximate surface area is 698 Å². The fourth-order valence-electron chi connectivity index (χ4n) is 14.5. The van der Waals surface area contributed by atoms with E-state index in [0.717, 1.165) is 19.4 Å². The average molecular weight is 1660 g/mol. The van der Waals surface area contributed by atoms with E-state index in [4.69, 9.17) is 0 Å². The molecule has 0 aliphatic carbocycles. The van der Waals surface area contributed by atoms with E-state index < -0.39 is 35.4 Å². The smallest absolute Gasteiger partial charge is 0.291 e. The van der Waals surface area contributed by atoms with Crippen LogP contribution >= 0.6 is 0 Å². The van der Waals surface area contributed by atoms with E-state index in [1.165, 1.54) is 66.8 Å². The predicted octanol–water partition coefficient (Wildman–Crippen LogP) is 6.34. The predicted molar refractivity (Wildman–Crippen MR) is 449 cm³/mol. The van der Waals surface area contributed by atoms with Crippen LogP contribution in [0.25, 0.3) is 0 Å². The number of hydrogen-bond acceptors (Lipinski definition) is 17. The number of carbonyl (C=O) groups excluding carboxylic acids is 15. The highest BCUT2D eigenvalue weighted by atomic mass is 16.2. The lowest BCUT2D eigenvalue weighted by Crippen LogP contribution is -3.05. The van der Waals surface area contributed by atoms with Crippen LogP contribution in [0.3, 0.4) is 0 Å². The van der Waals surface area contributed by atoms with Crippen LogP contribution in [0.15, 0.2) is 110 Å². The van der Waals surface area contributed by atoms with Crippen molar-refractivity contribution in [2.45, 2.75) is 116 Å². The van der Waals surface area contributed by atoms with Crippen molar-refractivity contribution in [3.05, 3.63) is 196 Å². The number of nitrogens with one attached hydrogen (secondary N) is 8. The van der Waals surface area contributed by atoms with Crippen molar-refractivity contribution < 1.29 is 76.8 Å². The summed E-state index contributed by atoms with van der Waals surface area (Å²) in [6, 6.07) is 12.6. The summed E-state index contributed by atoms with van der Waals surface area (Å²) >= 11 is 0. The Bertz CT molecular complexity index is 5660. The van der Waals surface area contributed by atoms with Gasteiger partial charge in [-0.3, -0.25) is 71.9 Å². The first-order valence-electron chi connectivity index (χ1n) is 39.8. The Morgan fingerprint density at radius 2 is 0.686 bits per heavy atom. The second-order valence-corrected chi connectivity index (χ2v) is 31.2. The van der Waals surface area contributed by atoms with Gasteiger partial charge in [-0.05, 0) is 103 Å². The number of nitrogens with zero attached hydrogens (tertiary/aromatic N) is 12. The van der Waals surface area contributed by atoms with Crippen molar-refractivity contribution in [3.8, 4) is 0 Å². The molecule has 0 aliphatic heterocycles. The Balaban J connectivity index is 0.598. The molecule has 0 saturated carbocycles. The first-order chi connectivity index (χ1) is 57.4. The van der Waals surface area contributed by atoms with Gasteiger partial charge in [-0.25, -0.2) is 9.97 Å². The number of hydrogen-bond donors (Lipinski definition) is 8. The summed E-state index contributed by atoms with van der Waals surface area (Å²) in [5.74, 6) is -4.13. The molecule has 10 heterocycles. The molecular weight excluding hydrogens is 1550 g/mol. The molecule has 8 N–H and O–H groups in total. The number of Topliss-reactive ketones (excluding diaryl/α,β-unsaturated/α-hetero) is 8. The minimum absolute atomic E-state index is 0.00350. The van der Waals surface area contributed by atoms with Gasteiger partial charge in [-0.15, -0.1) is 0 Å². The third-order valence-electron chi connectivity index (χ3n) is 20.5. The second-order valence-electron chi connectivity index (χ2n) is 31.2. The lowest BCUT2D eigenvalue weighted by Gasteiger charge is -2.06. The molecule has 35 nitrogen and oxygen atoms in total. The number of aromatic nitrogens is 12. The normalized spacial score (nSPS) is 11.3. The fraction of sp³-hybridized carbons (Fsp3) is 0.384. The van der Waals surface area contributed by atoms with Crippen LogP contribution in [-0.2, 0) is 127 Å². The molecule has 10 aromatic rings. The zero-order valence-corrected chi connectivity index (χ0v) is 70.5. The third kappa shape index (κ3) is 24.3. The highest BCUT2D eigenvalue weighted by molar-refractivity contribution is 6.09. The van der Waals surface area contributed by atoms with Crippen molar-refractivity contribution >= 4 is 116 Å². The molecule has 0 bridgehead atoms. The Hall–Kier alpha value is -13.7. The summed E-state index contributed by atoms with van der Waals surface area (Å²) < 4.78 is 15.8. The van der Waals surface area contributed by atoms with Gasteiger partial charge in [0.2, 0.25) is 23.4 Å². The largest absolute Gasteiger partial charge is 0.351 e. The van der Waals surface area contributed by atoms with Gasteiger partial charge in [-0.2, -0.15) is 0 Å². The van der Waals surface area contributed by atoms with E-state index in [1.807, 2.05) is 0 Å². The van der Waals surface area contributed by atoms with Crippen LogP contribution in [0.5, 0.6) is 0 Å². The van der Waals surface area contributed by atoms with E-state index in [9.17, 15) is 71.9 Å². The quantitative estimate of drug-likeness (QED) is 0.0152. The topological polar surface area (TPSA) is 420 Å². The molecule has 638 valence electrons.